The summed E-state index contributed by atoms with van der Waals surface area (Å²) in [4.78, 5) is 4.12. The summed E-state index contributed by atoms with van der Waals surface area (Å²) in [7, 11) is 1.96. The quantitative estimate of drug-likeness (QED) is 0.510. The van der Waals surface area contributed by atoms with Gasteiger partial charge < -0.3 is 9.30 Å². The Labute approximate surface area is 53.3 Å². The first-order valence-electron chi connectivity index (χ1n) is 2.96. The van der Waals surface area contributed by atoms with Crippen molar-refractivity contribution in [3.8, 4) is 0 Å². The summed E-state index contributed by atoms with van der Waals surface area (Å²) in [5.41, 5.74) is 1.05. The molecule has 48 valence electrons. The molecule has 3 heteroatoms. The summed E-state index contributed by atoms with van der Waals surface area (Å²) in [5, 5.41) is 0. The molecule has 2 rings (SSSR count). The van der Waals surface area contributed by atoms with E-state index in [1.807, 2.05) is 17.8 Å². The summed E-state index contributed by atoms with van der Waals surface area (Å²) < 4.78 is 6.96. The lowest BCUT2D eigenvalue weighted by molar-refractivity contribution is 0.412. The third-order valence-corrected chi connectivity index (χ3v) is 1.39. The molecule has 0 radical (unpaired) electrons. The fourth-order valence-electron chi connectivity index (χ4n) is 0.818. The molecule has 3 nitrogen and oxygen atoms in total. The van der Waals surface area contributed by atoms with Crippen LogP contribution in [-0.2, 0) is 11.8 Å². The van der Waals surface area contributed by atoms with Crippen molar-refractivity contribution in [2.24, 2.45) is 7.05 Å². The van der Waals surface area contributed by atoms with Gasteiger partial charge in [0.2, 0.25) is 0 Å². The SMILES string of the molecule is Cn1cnc([C@H]2CO2)c1. The third-order valence-electron chi connectivity index (χ3n) is 1.39. The topological polar surface area (TPSA) is 30.4 Å². The molecule has 0 aromatic carbocycles. The maximum absolute atomic E-state index is 5.03. The van der Waals surface area contributed by atoms with E-state index in [0.717, 1.165) is 12.3 Å². The van der Waals surface area contributed by atoms with E-state index in [1.165, 1.54) is 0 Å². The van der Waals surface area contributed by atoms with Gasteiger partial charge in [0.25, 0.3) is 0 Å². The molecule has 9 heavy (non-hydrogen) atoms. The number of epoxide rings is 1. The summed E-state index contributed by atoms with van der Waals surface area (Å²) in [6.45, 7) is 0.844. The van der Waals surface area contributed by atoms with Gasteiger partial charge in [-0.1, -0.05) is 0 Å². The molecule has 0 bridgehead atoms. The van der Waals surface area contributed by atoms with Crippen LogP contribution in [0.25, 0.3) is 0 Å². The first-order chi connectivity index (χ1) is 4.36. The molecular formula is C6H8N2O. The maximum atomic E-state index is 5.03. The highest BCUT2D eigenvalue weighted by atomic mass is 16.6. The molecule has 0 saturated carbocycles. The molecule has 1 saturated heterocycles. The Morgan fingerprint density at radius 1 is 1.89 bits per heavy atom. The average Bonchev–Trinajstić information content (AvgIpc) is 2.58. The van der Waals surface area contributed by atoms with Crippen molar-refractivity contribution in [1.82, 2.24) is 9.55 Å². The van der Waals surface area contributed by atoms with Crippen LogP contribution in [-0.4, -0.2) is 16.2 Å². The number of imidazole rings is 1. The van der Waals surface area contributed by atoms with Crippen molar-refractivity contribution in [3.63, 3.8) is 0 Å². The first kappa shape index (κ1) is 4.99. The number of nitrogens with zero attached hydrogens (tertiary/aromatic N) is 2. The minimum atomic E-state index is 0.297. The lowest BCUT2D eigenvalue weighted by Gasteiger charge is -1.81. The van der Waals surface area contributed by atoms with Crippen LogP contribution in [0.1, 0.15) is 11.8 Å². The van der Waals surface area contributed by atoms with E-state index >= 15 is 0 Å². The molecule has 0 spiro atoms. The molecule has 1 aliphatic rings. The fraction of sp³-hybridized carbons (Fsp3) is 0.500. The van der Waals surface area contributed by atoms with Crippen LogP contribution < -0.4 is 0 Å². The lowest BCUT2D eigenvalue weighted by Crippen LogP contribution is -1.79. The predicted octanol–water partition coefficient (Wildman–Crippen LogP) is 0.491. The van der Waals surface area contributed by atoms with E-state index in [0.29, 0.717) is 6.10 Å². The van der Waals surface area contributed by atoms with Crippen molar-refractivity contribution in [2.45, 2.75) is 6.10 Å². The first-order valence-corrected chi connectivity index (χ1v) is 2.96. The van der Waals surface area contributed by atoms with Crippen molar-refractivity contribution in [1.29, 1.82) is 0 Å². The Balaban J connectivity index is 2.28. The number of hydrogen-bond donors (Lipinski definition) is 0. The highest BCUT2D eigenvalue weighted by molar-refractivity contribution is 5.05. The Bertz CT molecular complexity index is 215. The van der Waals surface area contributed by atoms with Crippen LogP contribution in [0.5, 0.6) is 0 Å². The second-order valence-electron chi connectivity index (χ2n) is 2.29. The Hall–Kier alpha value is -0.830. The van der Waals surface area contributed by atoms with Crippen molar-refractivity contribution >= 4 is 0 Å². The molecule has 1 aliphatic heterocycles. The molecule has 0 unspecified atom stereocenters. The average molecular weight is 124 g/mol. The van der Waals surface area contributed by atoms with Gasteiger partial charge in [0.05, 0.1) is 18.6 Å². The predicted molar refractivity (Wildman–Crippen MR) is 31.9 cm³/mol. The Morgan fingerprint density at radius 3 is 3.11 bits per heavy atom. The third kappa shape index (κ3) is 0.833. The monoisotopic (exact) mass is 124 g/mol. The van der Waals surface area contributed by atoms with Gasteiger partial charge >= 0.3 is 0 Å². The minimum absolute atomic E-state index is 0.297. The van der Waals surface area contributed by atoms with Crippen LogP contribution in [0.4, 0.5) is 0 Å². The van der Waals surface area contributed by atoms with Crippen molar-refractivity contribution in [3.05, 3.63) is 18.2 Å². The van der Waals surface area contributed by atoms with E-state index < -0.39 is 0 Å². The van der Waals surface area contributed by atoms with Gasteiger partial charge in [-0.3, -0.25) is 0 Å². The minimum Gasteiger partial charge on any atom is -0.366 e. The maximum Gasteiger partial charge on any atom is 0.124 e. The number of aryl methyl sites for hydroxylation is 1. The molecule has 2 heterocycles. The molecule has 0 N–H and O–H groups in total. The molecule has 1 fully saturated rings. The summed E-state index contributed by atoms with van der Waals surface area (Å²) in [5.74, 6) is 0. The Morgan fingerprint density at radius 2 is 2.67 bits per heavy atom. The van der Waals surface area contributed by atoms with Gasteiger partial charge in [-0.05, 0) is 0 Å². The fourth-order valence-corrected chi connectivity index (χ4v) is 0.818. The van der Waals surface area contributed by atoms with Gasteiger partial charge in [0.1, 0.15) is 6.10 Å². The molecular weight excluding hydrogens is 116 g/mol. The van der Waals surface area contributed by atoms with E-state index in [2.05, 4.69) is 4.98 Å². The van der Waals surface area contributed by atoms with Crippen LogP contribution in [0.2, 0.25) is 0 Å². The standard InChI is InChI=1S/C6H8N2O/c1-8-2-5(7-4-8)6-3-9-6/h2,4,6H,3H2,1H3/t6-/m1/s1. The zero-order valence-electron chi connectivity index (χ0n) is 5.24. The summed E-state index contributed by atoms with van der Waals surface area (Å²) in [6, 6.07) is 0. The highest BCUT2D eigenvalue weighted by Crippen LogP contribution is 2.27. The molecule has 1 atom stereocenters. The largest absolute Gasteiger partial charge is 0.366 e. The number of ether oxygens (including phenoxy) is 1. The number of aromatic nitrogens is 2. The Kier molecular flexibility index (Phi) is 0.873. The second-order valence-corrected chi connectivity index (χ2v) is 2.29. The highest BCUT2D eigenvalue weighted by Gasteiger charge is 2.26. The van der Waals surface area contributed by atoms with Crippen LogP contribution in [0, 0.1) is 0 Å². The van der Waals surface area contributed by atoms with Crippen molar-refractivity contribution < 1.29 is 4.74 Å². The summed E-state index contributed by atoms with van der Waals surface area (Å²) in [6.07, 6.45) is 4.07. The van der Waals surface area contributed by atoms with Crippen LogP contribution >= 0.6 is 0 Å². The van der Waals surface area contributed by atoms with Crippen molar-refractivity contribution in [2.75, 3.05) is 6.61 Å². The zero-order valence-corrected chi connectivity index (χ0v) is 5.24. The van der Waals surface area contributed by atoms with Gasteiger partial charge in [0.15, 0.2) is 0 Å². The van der Waals surface area contributed by atoms with E-state index in [-0.39, 0.29) is 0 Å². The second kappa shape index (κ2) is 1.57. The normalized spacial score (nSPS) is 24.3. The van der Waals surface area contributed by atoms with Gasteiger partial charge in [-0.15, -0.1) is 0 Å². The summed E-state index contributed by atoms with van der Waals surface area (Å²) >= 11 is 0. The van der Waals surface area contributed by atoms with E-state index in [4.69, 9.17) is 4.74 Å². The van der Waals surface area contributed by atoms with Crippen LogP contribution in [0.15, 0.2) is 12.5 Å². The smallest absolute Gasteiger partial charge is 0.124 e. The molecule has 0 aliphatic carbocycles. The molecule has 1 aromatic heterocycles. The van der Waals surface area contributed by atoms with Gasteiger partial charge in [0, 0.05) is 13.2 Å². The zero-order chi connectivity index (χ0) is 6.27. The van der Waals surface area contributed by atoms with E-state index in [9.17, 15) is 0 Å². The van der Waals surface area contributed by atoms with Gasteiger partial charge in [-0.25, -0.2) is 4.98 Å². The number of rotatable bonds is 1. The van der Waals surface area contributed by atoms with Gasteiger partial charge in [-0.2, -0.15) is 0 Å². The number of hydrogen-bond acceptors (Lipinski definition) is 2. The molecule has 1 aromatic rings. The molecule has 0 amide bonds. The van der Waals surface area contributed by atoms with E-state index in [1.54, 1.807) is 6.33 Å². The lowest BCUT2D eigenvalue weighted by atomic mass is 10.4. The van der Waals surface area contributed by atoms with Crippen LogP contribution in [0.3, 0.4) is 0 Å².